The van der Waals surface area contributed by atoms with Gasteiger partial charge in [0.05, 0.1) is 12.2 Å². The van der Waals surface area contributed by atoms with E-state index in [0.29, 0.717) is 5.56 Å². The molecule has 0 saturated carbocycles. The van der Waals surface area contributed by atoms with Gasteiger partial charge >= 0.3 is 0 Å². The Hall–Kier alpha value is -2.43. The minimum atomic E-state index is -0.604. The maximum Gasteiger partial charge on any atom is 0.252 e. The first-order chi connectivity index (χ1) is 10.0. The Kier molecular flexibility index (Phi) is 6.87. The van der Waals surface area contributed by atoms with E-state index in [1.54, 1.807) is 0 Å². The maximum absolute atomic E-state index is 13.2. The second-order valence-electron chi connectivity index (χ2n) is 3.92. The third-order valence-electron chi connectivity index (χ3n) is 2.30. The summed E-state index contributed by atoms with van der Waals surface area (Å²) in [6, 6.07) is 3.59. The van der Waals surface area contributed by atoms with Crippen LogP contribution in [0.5, 0.6) is 0 Å². The molecular weight excluding hydrogens is 279 g/mol. The van der Waals surface area contributed by atoms with Crippen LogP contribution < -0.4 is 11.1 Å². The Morgan fingerprint density at radius 1 is 1.43 bits per heavy atom. The van der Waals surface area contributed by atoms with E-state index in [9.17, 15) is 14.0 Å². The number of rotatable bonds is 6. The summed E-state index contributed by atoms with van der Waals surface area (Å²) in [4.78, 5) is 22.4. The molecule has 1 aromatic carbocycles. The van der Waals surface area contributed by atoms with Crippen molar-refractivity contribution >= 4 is 11.8 Å². The topological polar surface area (TPSA) is 102 Å². The molecule has 0 aromatic heterocycles. The van der Waals surface area contributed by atoms with Crippen LogP contribution in [0.4, 0.5) is 4.39 Å². The van der Waals surface area contributed by atoms with Crippen molar-refractivity contribution < 1.29 is 23.8 Å². The smallest absolute Gasteiger partial charge is 0.252 e. The van der Waals surface area contributed by atoms with E-state index in [0.717, 1.165) is 6.07 Å². The van der Waals surface area contributed by atoms with Crippen LogP contribution in [0.25, 0.3) is 0 Å². The largest absolute Gasteiger partial charge is 0.384 e. The van der Waals surface area contributed by atoms with Crippen molar-refractivity contribution in [2.24, 2.45) is 5.73 Å². The van der Waals surface area contributed by atoms with Crippen LogP contribution in [0.1, 0.15) is 15.9 Å². The van der Waals surface area contributed by atoms with E-state index in [1.807, 2.05) is 0 Å². The summed E-state index contributed by atoms with van der Waals surface area (Å²) in [7, 11) is 0. The van der Waals surface area contributed by atoms with Gasteiger partial charge in [-0.05, 0) is 18.2 Å². The van der Waals surface area contributed by atoms with Crippen LogP contribution >= 0.6 is 0 Å². The molecule has 1 aromatic rings. The average molecular weight is 294 g/mol. The molecule has 7 heteroatoms. The molecule has 2 amide bonds. The fraction of sp³-hybridized carbons (Fsp3) is 0.286. The molecule has 0 aliphatic carbocycles. The zero-order valence-electron chi connectivity index (χ0n) is 11.2. The van der Waals surface area contributed by atoms with Crippen LogP contribution in [0.2, 0.25) is 0 Å². The Labute approximate surface area is 121 Å². The summed E-state index contributed by atoms with van der Waals surface area (Å²) in [5.41, 5.74) is 5.25. The molecule has 1 rings (SSSR count). The molecule has 0 heterocycles. The van der Waals surface area contributed by atoms with E-state index >= 15 is 0 Å². The summed E-state index contributed by atoms with van der Waals surface area (Å²) in [5, 5.41) is 11.2. The number of aliphatic hydroxyl groups excluding tert-OH is 1. The van der Waals surface area contributed by atoms with Gasteiger partial charge in [-0.3, -0.25) is 9.59 Å². The fourth-order valence-corrected chi connectivity index (χ4v) is 1.45. The van der Waals surface area contributed by atoms with Gasteiger partial charge in [-0.2, -0.15) is 0 Å². The van der Waals surface area contributed by atoms with Gasteiger partial charge in [0.25, 0.3) is 5.91 Å². The first kappa shape index (κ1) is 16.6. The van der Waals surface area contributed by atoms with Gasteiger partial charge in [-0.25, -0.2) is 4.39 Å². The standard InChI is InChI=1S/C14H15FN2O4/c15-11-4-3-10(2-1-6-18)12(8-11)14(20)17-5-7-21-9-13(16)19/h3-4,8,18H,5-7,9H2,(H2,16,19)(H,17,20). The third kappa shape index (κ3) is 6.03. The van der Waals surface area contributed by atoms with Gasteiger partial charge in [0.15, 0.2) is 0 Å². The Morgan fingerprint density at radius 2 is 2.19 bits per heavy atom. The SMILES string of the molecule is NC(=O)COCCNC(=O)c1cc(F)ccc1C#CCO. The van der Waals surface area contributed by atoms with E-state index in [4.69, 9.17) is 15.6 Å². The minimum Gasteiger partial charge on any atom is -0.384 e. The minimum absolute atomic E-state index is 0.0610. The second kappa shape index (κ2) is 8.68. The molecule has 21 heavy (non-hydrogen) atoms. The van der Waals surface area contributed by atoms with Crippen molar-refractivity contribution in [2.45, 2.75) is 0 Å². The summed E-state index contributed by atoms with van der Waals surface area (Å²) in [5.74, 6) is 3.26. The third-order valence-corrected chi connectivity index (χ3v) is 2.30. The lowest BCUT2D eigenvalue weighted by molar-refractivity contribution is -0.122. The zero-order chi connectivity index (χ0) is 15.7. The molecule has 4 N–H and O–H groups in total. The van der Waals surface area contributed by atoms with Gasteiger partial charge < -0.3 is 20.9 Å². The van der Waals surface area contributed by atoms with Crippen molar-refractivity contribution in [2.75, 3.05) is 26.4 Å². The van der Waals surface area contributed by atoms with Crippen LogP contribution in [-0.4, -0.2) is 43.3 Å². The molecule has 0 fully saturated rings. The number of nitrogens with two attached hydrogens (primary N) is 1. The lowest BCUT2D eigenvalue weighted by Crippen LogP contribution is -2.29. The van der Waals surface area contributed by atoms with Crippen LogP contribution in [0.15, 0.2) is 18.2 Å². The molecule has 0 unspecified atom stereocenters. The second-order valence-corrected chi connectivity index (χ2v) is 3.92. The molecule has 0 spiro atoms. The summed E-state index contributed by atoms with van der Waals surface area (Å²) in [6.45, 7) is -0.362. The van der Waals surface area contributed by atoms with E-state index in [-0.39, 0.29) is 31.9 Å². The number of ether oxygens (including phenoxy) is 1. The lowest BCUT2D eigenvalue weighted by atomic mass is 10.1. The summed E-state index contributed by atoms with van der Waals surface area (Å²) in [6.07, 6.45) is 0. The number of carbonyl (C=O) groups excluding carboxylic acids is 2. The zero-order valence-corrected chi connectivity index (χ0v) is 11.2. The number of primary amides is 1. The van der Waals surface area contributed by atoms with Crippen molar-refractivity contribution in [3.8, 4) is 11.8 Å². The van der Waals surface area contributed by atoms with Crippen LogP contribution in [-0.2, 0) is 9.53 Å². The molecular formula is C14H15FN2O4. The maximum atomic E-state index is 13.2. The molecule has 0 saturated heterocycles. The van der Waals surface area contributed by atoms with Gasteiger partial charge in [-0.15, -0.1) is 0 Å². The van der Waals surface area contributed by atoms with Crippen molar-refractivity contribution in [3.63, 3.8) is 0 Å². The number of halogens is 1. The lowest BCUT2D eigenvalue weighted by Gasteiger charge is -2.07. The number of benzene rings is 1. The van der Waals surface area contributed by atoms with Crippen LogP contribution in [0.3, 0.4) is 0 Å². The fourth-order valence-electron chi connectivity index (χ4n) is 1.45. The first-order valence-electron chi connectivity index (χ1n) is 6.08. The Balaban J connectivity index is 2.64. The van der Waals surface area contributed by atoms with E-state index < -0.39 is 17.6 Å². The highest BCUT2D eigenvalue weighted by atomic mass is 19.1. The summed E-state index contributed by atoms with van der Waals surface area (Å²) >= 11 is 0. The number of nitrogens with one attached hydrogen (secondary N) is 1. The monoisotopic (exact) mass is 294 g/mol. The Bertz CT molecular complexity index is 578. The Morgan fingerprint density at radius 3 is 2.86 bits per heavy atom. The number of carbonyl (C=O) groups is 2. The highest BCUT2D eigenvalue weighted by Gasteiger charge is 2.11. The predicted octanol–water partition coefficient (Wildman–Crippen LogP) is -0.599. The van der Waals surface area contributed by atoms with Gasteiger partial charge in [-0.1, -0.05) is 11.8 Å². The number of aliphatic hydroxyl groups is 1. The molecule has 0 bridgehead atoms. The molecule has 0 aliphatic heterocycles. The quantitative estimate of drug-likeness (QED) is 0.481. The van der Waals surface area contributed by atoms with E-state index in [1.165, 1.54) is 12.1 Å². The van der Waals surface area contributed by atoms with Gasteiger partial charge in [0.2, 0.25) is 5.91 Å². The number of hydrogen-bond donors (Lipinski definition) is 3. The summed E-state index contributed by atoms with van der Waals surface area (Å²) < 4.78 is 18.1. The molecule has 112 valence electrons. The highest BCUT2D eigenvalue weighted by molar-refractivity contribution is 5.96. The van der Waals surface area contributed by atoms with Crippen LogP contribution in [0, 0.1) is 17.7 Å². The molecule has 0 atom stereocenters. The average Bonchev–Trinajstić information content (AvgIpc) is 2.45. The molecule has 0 aliphatic rings. The number of hydrogen-bond acceptors (Lipinski definition) is 4. The highest BCUT2D eigenvalue weighted by Crippen LogP contribution is 2.10. The van der Waals surface area contributed by atoms with E-state index in [2.05, 4.69) is 17.2 Å². The molecule has 6 nitrogen and oxygen atoms in total. The first-order valence-corrected chi connectivity index (χ1v) is 6.08. The van der Waals surface area contributed by atoms with Gasteiger partial charge in [0, 0.05) is 12.1 Å². The predicted molar refractivity (Wildman–Crippen MR) is 72.7 cm³/mol. The van der Waals surface area contributed by atoms with Gasteiger partial charge in [0.1, 0.15) is 19.0 Å². The molecule has 0 radical (unpaired) electrons. The van der Waals surface area contributed by atoms with Crippen molar-refractivity contribution in [1.29, 1.82) is 0 Å². The van der Waals surface area contributed by atoms with Crippen molar-refractivity contribution in [1.82, 2.24) is 5.32 Å². The number of amides is 2. The normalized spacial score (nSPS) is 9.62. The van der Waals surface area contributed by atoms with Crippen molar-refractivity contribution in [3.05, 3.63) is 35.1 Å².